The van der Waals surface area contributed by atoms with Crippen LogP contribution in [0.1, 0.15) is 102 Å². The Balaban J connectivity index is 1.12. The van der Waals surface area contributed by atoms with E-state index in [-0.39, 0.29) is 18.2 Å². The molecule has 10 nitrogen and oxygen atoms in total. The number of benzene rings is 2. The number of aromatic amines is 2. The number of hydrogen-bond donors (Lipinski definition) is 3. The molecule has 10 heteroatoms. The van der Waals surface area contributed by atoms with E-state index in [0.717, 1.165) is 77.3 Å². The quantitative estimate of drug-likeness (QED) is 0.168. The summed E-state index contributed by atoms with van der Waals surface area (Å²) in [5, 5.41) is 10.7. The van der Waals surface area contributed by atoms with Gasteiger partial charge in [0.15, 0.2) is 0 Å². The first-order chi connectivity index (χ1) is 21.8. The number of carbonyl (C=O) groups is 1. The number of hydrogen-bond acceptors (Lipinski definition) is 7. The van der Waals surface area contributed by atoms with Crippen molar-refractivity contribution < 1.29 is 19.4 Å². The van der Waals surface area contributed by atoms with Gasteiger partial charge in [0.2, 0.25) is 6.41 Å². The Morgan fingerprint density at radius 2 is 1.61 bits per heavy atom. The highest BCUT2D eigenvalue weighted by molar-refractivity contribution is 5.77. The highest BCUT2D eigenvalue weighted by Gasteiger charge is 2.36. The van der Waals surface area contributed by atoms with E-state index < -0.39 is 17.6 Å². The summed E-state index contributed by atoms with van der Waals surface area (Å²) in [6, 6.07) is 13.9. The van der Waals surface area contributed by atoms with Crippen molar-refractivity contribution in [1.29, 1.82) is 0 Å². The maximum absolute atomic E-state index is 12.7. The van der Waals surface area contributed by atoms with Gasteiger partial charge in [-0.1, -0.05) is 24.0 Å². The molecule has 242 valence electrons. The number of aliphatic hydroxyl groups is 1. The van der Waals surface area contributed by atoms with Crippen molar-refractivity contribution in [2.45, 2.75) is 96.9 Å². The molecule has 0 radical (unpaired) electrons. The number of carbonyl (C=O) groups excluding carboxylic acids is 1. The summed E-state index contributed by atoms with van der Waals surface area (Å²) < 4.78 is 11.4. The minimum atomic E-state index is -0.981. The maximum Gasteiger partial charge on any atom is 0.410 e. The third kappa shape index (κ3) is 7.28. The van der Waals surface area contributed by atoms with E-state index in [1.165, 1.54) is 0 Å². The van der Waals surface area contributed by atoms with Crippen LogP contribution in [-0.4, -0.2) is 71.6 Å². The van der Waals surface area contributed by atoms with Gasteiger partial charge in [0.05, 0.1) is 40.6 Å². The zero-order valence-corrected chi connectivity index (χ0v) is 27.6. The number of aliphatic hydroxyl groups excluding tert-OH is 1. The fourth-order valence-corrected chi connectivity index (χ4v) is 6.12. The molecule has 1 unspecified atom stereocenters. The Kier molecular flexibility index (Phi) is 8.68. The lowest BCUT2D eigenvalue weighted by molar-refractivity contribution is -0.243. The first-order valence-corrected chi connectivity index (χ1v) is 16.1. The van der Waals surface area contributed by atoms with Crippen molar-refractivity contribution in [3.05, 3.63) is 71.4 Å². The number of H-pyrrole nitrogens is 2. The topological polar surface area (TPSA) is 120 Å². The monoisotopic (exact) mass is 624 g/mol. The van der Waals surface area contributed by atoms with Crippen LogP contribution in [0, 0.1) is 11.8 Å². The van der Waals surface area contributed by atoms with Crippen molar-refractivity contribution in [2.75, 3.05) is 13.1 Å². The van der Waals surface area contributed by atoms with Gasteiger partial charge in [-0.15, -0.1) is 0 Å². The maximum atomic E-state index is 12.7. The summed E-state index contributed by atoms with van der Waals surface area (Å²) in [6.07, 6.45) is 4.17. The standard InChI is InChI=1S/C36H44N6O4/c1-35(2,3)45-33(43)41-19-7-9-29(41)31-37-22-28(40-31)25-16-13-23(14-17-25)11-12-24-15-18-26-27(21-24)39-32(38-26)30-10-8-20-42(30)34(44)46-36(4,5)6/h13-18,21-22,29-30,34,44H,7-10,19-20H2,1-6H3,(H,37,40)(H,38,39)/t29-,30-,34?/m0/s1. The van der Waals surface area contributed by atoms with Gasteiger partial charge in [0.1, 0.15) is 17.2 Å². The largest absolute Gasteiger partial charge is 0.444 e. The van der Waals surface area contributed by atoms with E-state index in [1.807, 2.05) is 95.1 Å². The van der Waals surface area contributed by atoms with Gasteiger partial charge < -0.3 is 24.5 Å². The second kappa shape index (κ2) is 12.6. The molecule has 2 aliphatic rings. The van der Waals surface area contributed by atoms with Crippen LogP contribution in [0.15, 0.2) is 48.7 Å². The lowest BCUT2D eigenvalue weighted by Crippen LogP contribution is -2.41. The molecule has 2 fully saturated rings. The van der Waals surface area contributed by atoms with E-state index in [0.29, 0.717) is 6.54 Å². The van der Waals surface area contributed by atoms with Crippen LogP contribution in [0.3, 0.4) is 0 Å². The number of likely N-dealkylation sites (tertiary alicyclic amines) is 2. The number of aromatic nitrogens is 4. The third-order valence-corrected chi connectivity index (χ3v) is 8.19. The van der Waals surface area contributed by atoms with E-state index >= 15 is 0 Å². The molecule has 2 aromatic heterocycles. The van der Waals surface area contributed by atoms with Gasteiger partial charge in [-0.25, -0.2) is 19.7 Å². The number of imidazole rings is 2. The first-order valence-electron chi connectivity index (χ1n) is 16.1. The van der Waals surface area contributed by atoms with E-state index in [9.17, 15) is 9.90 Å². The molecule has 0 spiro atoms. The van der Waals surface area contributed by atoms with Gasteiger partial charge in [0, 0.05) is 24.2 Å². The molecular formula is C36H44N6O4. The predicted octanol–water partition coefficient (Wildman–Crippen LogP) is 6.65. The highest BCUT2D eigenvalue weighted by atomic mass is 16.6. The molecule has 2 aromatic carbocycles. The molecule has 0 aliphatic carbocycles. The molecule has 0 saturated carbocycles. The molecule has 4 aromatic rings. The lowest BCUT2D eigenvalue weighted by atomic mass is 10.1. The van der Waals surface area contributed by atoms with Crippen LogP contribution < -0.4 is 0 Å². The minimum Gasteiger partial charge on any atom is -0.444 e. The molecule has 46 heavy (non-hydrogen) atoms. The summed E-state index contributed by atoms with van der Waals surface area (Å²) >= 11 is 0. The van der Waals surface area contributed by atoms with Crippen LogP contribution in [0.5, 0.6) is 0 Å². The third-order valence-electron chi connectivity index (χ3n) is 8.19. The van der Waals surface area contributed by atoms with E-state index in [4.69, 9.17) is 14.5 Å². The summed E-state index contributed by atoms with van der Waals surface area (Å²) in [4.78, 5) is 32.8. The van der Waals surface area contributed by atoms with Gasteiger partial charge in [-0.05, 0) is 103 Å². The normalized spacial score (nSPS) is 19.8. The average Bonchev–Trinajstić information content (AvgIpc) is 3.79. The van der Waals surface area contributed by atoms with Crippen LogP contribution in [-0.2, 0) is 9.47 Å². The Hall–Kier alpha value is -4.17. The van der Waals surface area contributed by atoms with Crippen molar-refractivity contribution >= 4 is 17.1 Å². The van der Waals surface area contributed by atoms with E-state index in [2.05, 4.69) is 26.8 Å². The fraction of sp³-hybridized carbons (Fsp3) is 0.472. The van der Waals surface area contributed by atoms with Crippen molar-refractivity contribution in [1.82, 2.24) is 29.7 Å². The summed E-state index contributed by atoms with van der Waals surface area (Å²) in [7, 11) is 0. The zero-order valence-electron chi connectivity index (χ0n) is 27.6. The number of fused-ring (bicyclic) bond motifs is 1. The summed E-state index contributed by atoms with van der Waals surface area (Å²) in [5.74, 6) is 8.15. The highest BCUT2D eigenvalue weighted by Crippen LogP contribution is 2.35. The minimum absolute atomic E-state index is 0.0363. The second-order valence-electron chi connectivity index (χ2n) is 14.1. The molecule has 2 aliphatic heterocycles. The lowest BCUT2D eigenvalue weighted by Gasteiger charge is -2.32. The number of ether oxygens (including phenoxy) is 2. The summed E-state index contributed by atoms with van der Waals surface area (Å²) in [6.45, 7) is 12.9. The first kappa shape index (κ1) is 31.8. The van der Waals surface area contributed by atoms with Crippen LogP contribution in [0.4, 0.5) is 4.79 Å². The molecule has 4 heterocycles. The average molecular weight is 625 g/mol. The molecule has 6 rings (SSSR count). The molecule has 2 saturated heterocycles. The molecule has 3 N–H and O–H groups in total. The van der Waals surface area contributed by atoms with Crippen LogP contribution in [0.2, 0.25) is 0 Å². The Morgan fingerprint density at radius 1 is 0.913 bits per heavy atom. The van der Waals surface area contributed by atoms with Gasteiger partial charge in [0.25, 0.3) is 0 Å². The number of nitrogens with zero attached hydrogens (tertiary/aromatic N) is 4. The van der Waals surface area contributed by atoms with Crippen LogP contribution in [0.25, 0.3) is 22.3 Å². The molecule has 1 amide bonds. The van der Waals surface area contributed by atoms with E-state index in [1.54, 1.807) is 4.90 Å². The van der Waals surface area contributed by atoms with Crippen molar-refractivity contribution in [3.63, 3.8) is 0 Å². The Bertz CT molecular complexity index is 1750. The molecular weight excluding hydrogens is 580 g/mol. The number of rotatable bonds is 5. The fourth-order valence-electron chi connectivity index (χ4n) is 6.12. The van der Waals surface area contributed by atoms with Gasteiger partial charge >= 0.3 is 6.09 Å². The van der Waals surface area contributed by atoms with Gasteiger partial charge in [-0.3, -0.25) is 4.90 Å². The number of amides is 1. The van der Waals surface area contributed by atoms with Crippen molar-refractivity contribution in [2.24, 2.45) is 0 Å². The van der Waals surface area contributed by atoms with Crippen LogP contribution >= 0.6 is 0 Å². The summed E-state index contributed by atoms with van der Waals surface area (Å²) in [5.41, 5.74) is 4.47. The second-order valence-corrected chi connectivity index (χ2v) is 14.1. The Morgan fingerprint density at radius 3 is 2.35 bits per heavy atom. The van der Waals surface area contributed by atoms with Gasteiger partial charge in [-0.2, -0.15) is 0 Å². The Labute approximate surface area is 270 Å². The SMILES string of the molecule is CC(C)(C)OC(=O)N1CCC[C@H]1c1ncc(-c2ccc(C#Cc3ccc4nc([C@@H]5CCCN5C(O)OC(C)(C)C)[nH]c4c3)cc2)[nH]1. The molecule has 0 bridgehead atoms. The smallest absolute Gasteiger partial charge is 0.410 e. The zero-order chi connectivity index (χ0) is 32.6. The molecule has 3 atom stereocenters. The van der Waals surface area contributed by atoms with Crippen molar-refractivity contribution in [3.8, 4) is 23.1 Å². The number of nitrogens with one attached hydrogen (secondary N) is 2. The predicted molar refractivity (Wildman–Crippen MR) is 177 cm³/mol.